The fraction of sp³-hybridized carbons (Fsp3) is 0.400. The van der Waals surface area contributed by atoms with Gasteiger partial charge in [-0.15, -0.1) is 0 Å². The van der Waals surface area contributed by atoms with Crippen LogP contribution >= 0.6 is 0 Å². The lowest BCUT2D eigenvalue weighted by Crippen LogP contribution is -2.24. The normalized spacial score (nSPS) is 19.0. The predicted octanol–water partition coefficient (Wildman–Crippen LogP) is 3.60. The molecule has 0 saturated heterocycles. The Bertz CT molecular complexity index is 664. The van der Waals surface area contributed by atoms with Crippen LogP contribution < -0.4 is 0 Å². The second-order valence-corrected chi connectivity index (χ2v) is 5.08. The predicted molar refractivity (Wildman–Crippen MR) is 71.1 cm³/mol. The van der Waals surface area contributed by atoms with Gasteiger partial charge in [0.15, 0.2) is 0 Å². The highest BCUT2D eigenvalue weighted by Gasteiger charge is 2.39. The summed E-state index contributed by atoms with van der Waals surface area (Å²) in [5.74, 6) is -2.36. The van der Waals surface area contributed by atoms with Crippen LogP contribution in [0.1, 0.15) is 29.2 Å². The monoisotopic (exact) mass is 334 g/mol. The average molecular weight is 334 g/mol. The maximum absolute atomic E-state index is 14.3. The maximum Gasteiger partial charge on any atom is 0.416 e. The van der Waals surface area contributed by atoms with Crippen LogP contribution in [-0.2, 0) is 20.4 Å². The second-order valence-electron chi connectivity index (χ2n) is 5.08. The lowest BCUT2D eigenvalue weighted by atomic mass is 9.93. The molecule has 0 saturated carbocycles. The number of methoxy groups -OCH3 is 1. The average Bonchev–Trinajstić information content (AvgIpc) is 2.47. The number of hydrogen-bond acceptors (Lipinski definition) is 4. The third kappa shape index (κ3) is 3.31. The number of carbonyl (C=O) groups is 1. The van der Waals surface area contributed by atoms with E-state index in [0.29, 0.717) is 0 Å². The van der Waals surface area contributed by atoms with Crippen molar-refractivity contribution in [3.63, 3.8) is 0 Å². The molecule has 0 bridgehead atoms. The van der Waals surface area contributed by atoms with Crippen LogP contribution in [0.25, 0.3) is 0 Å². The van der Waals surface area contributed by atoms with Crippen molar-refractivity contribution in [3.05, 3.63) is 46.0 Å². The van der Waals surface area contributed by atoms with Gasteiger partial charge in [-0.2, -0.15) is 13.2 Å². The van der Waals surface area contributed by atoms with Crippen molar-refractivity contribution in [3.8, 4) is 0 Å². The highest BCUT2D eigenvalue weighted by atomic mass is 19.4. The van der Waals surface area contributed by atoms with E-state index in [1.165, 1.54) is 6.92 Å². The molecule has 1 heterocycles. The molecule has 0 aliphatic carbocycles. The van der Waals surface area contributed by atoms with Gasteiger partial charge in [0.25, 0.3) is 0 Å². The summed E-state index contributed by atoms with van der Waals surface area (Å²) in [4.78, 5) is 11.4. The highest BCUT2D eigenvalue weighted by molar-refractivity contribution is 5.89. The Hall–Kier alpha value is -2.09. The number of benzene rings is 1. The summed E-state index contributed by atoms with van der Waals surface area (Å²) in [5.41, 5.74) is -2.00. The molecule has 1 unspecified atom stereocenters. The van der Waals surface area contributed by atoms with E-state index in [-0.39, 0.29) is 11.1 Å². The van der Waals surface area contributed by atoms with E-state index in [9.17, 15) is 27.5 Å². The number of aryl methyl sites for hydroxylation is 1. The van der Waals surface area contributed by atoms with Crippen molar-refractivity contribution >= 4 is 5.97 Å². The summed E-state index contributed by atoms with van der Waals surface area (Å²) in [6, 6.07) is 1.80. The van der Waals surface area contributed by atoms with E-state index in [4.69, 9.17) is 4.74 Å². The Kier molecular flexibility index (Phi) is 4.65. The SMILES string of the molecule is COC(=O)C1=C(O)CC(c2c(C(F)(F)F)ccc(C)c2F)OC1. The molecular formula is C15H14F4O4. The number of aliphatic hydroxyl groups excluding tert-OH is 1. The zero-order valence-corrected chi connectivity index (χ0v) is 12.3. The van der Waals surface area contributed by atoms with Crippen molar-refractivity contribution < 1.29 is 36.9 Å². The van der Waals surface area contributed by atoms with Gasteiger partial charge in [-0.05, 0) is 18.6 Å². The molecule has 1 aromatic carbocycles. The van der Waals surface area contributed by atoms with Crippen LogP contribution in [0, 0.1) is 12.7 Å². The van der Waals surface area contributed by atoms with Crippen molar-refractivity contribution in [1.82, 2.24) is 0 Å². The number of alkyl halides is 3. The fourth-order valence-corrected chi connectivity index (χ4v) is 2.37. The smallest absolute Gasteiger partial charge is 0.416 e. The van der Waals surface area contributed by atoms with Crippen LogP contribution in [0.15, 0.2) is 23.5 Å². The Morgan fingerprint density at radius 2 is 2.04 bits per heavy atom. The molecule has 8 heteroatoms. The van der Waals surface area contributed by atoms with Gasteiger partial charge >= 0.3 is 12.1 Å². The molecule has 1 aliphatic rings. The molecule has 0 radical (unpaired) electrons. The van der Waals surface area contributed by atoms with Gasteiger partial charge in [0.05, 0.1) is 25.4 Å². The van der Waals surface area contributed by atoms with Crippen molar-refractivity contribution in [1.29, 1.82) is 0 Å². The topological polar surface area (TPSA) is 55.8 Å². The lowest BCUT2D eigenvalue weighted by Gasteiger charge is -2.27. The number of esters is 1. The Balaban J connectivity index is 2.47. The van der Waals surface area contributed by atoms with Gasteiger partial charge in [-0.3, -0.25) is 0 Å². The zero-order chi connectivity index (χ0) is 17.4. The van der Waals surface area contributed by atoms with Crippen molar-refractivity contribution in [2.45, 2.75) is 25.6 Å². The zero-order valence-electron chi connectivity index (χ0n) is 12.3. The minimum atomic E-state index is -4.77. The first-order chi connectivity index (χ1) is 10.7. The molecule has 23 heavy (non-hydrogen) atoms. The maximum atomic E-state index is 14.3. The molecule has 1 atom stereocenters. The summed E-state index contributed by atoms with van der Waals surface area (Å²) in [7, 11) is 1.09. The Labute approximate surface area is 129 Å². The third-order valence-corrected chi connectivity index (χ3v) is 3.59. The van der Waals surface area contributed by atoms with E-state index in [1.807, 2.05) is 0 Å². The van der Waals surface area contributed by atoms with Crippen molar-refractivity contribution in [2.24, 2.45) is 0 Å². The molecule has 2 rings (SSSR count). The minimum Gasteiger partial charge on any atom is -0.512 e. The molecule has 0 aromatic heterocycles. The largest absolute Gasteiger partial charge is 0.512 e. The van der Waals surface area contributed by atoms with E-state index < -0.39 is 54.0 Å². The Morgan fingerprint density at radius 1 is 1.39 bits per heavy atom. The number of aliphatic hydroxyl groups is 1. The minimum absolute atomic E-state index is 0.0267. The van der Waals surface area contributed by atoms with Gasteiger partial charge in [0.2, 0.25) is 0 Å². The molecule has 1 aromatic rings. The molecule has 1 aliphatic heterocycles. The van der Waals surface area contributed by atoms with Crippen LogP contribution in [-0.4, -0.2) is 24.8 Å². The molecule has 0 amide bonds. The van der Waals surface area contributed by atoms with Gasteiger partial charge in [0, 0.05) is 12.0 Å². The number of halogens is 4. The van der Waals surface area contributed by atoms with Crippen molar-refractivity contribution in [2.75, 3.05) is 13.7 Å². The molecule has 0 spiro atoms. The first kappa shape index (κ1) is 17.3. The van der Waals surface area contributed by atoms with E-state index in [1.54, 1.807) is 0 Å². The standard InChI is InChI=1S/C15H14F4O4/c1-7-3-4-9(15(17,18)19)12(13(7)16)11-5-10(20)8(6-23-11)14(21)22-2/h3-4,11,20H,5-6H2,1-2H3. The highest BCUT2D eigenvalue weighted by Crippen LogP contribution is 2.41. The molecule has 4 nitrogen and oxygen atoms in total. The van der Waals surface area contributed by atoms with Crippen LogP contribution in [0.4, 0.5) is 17.6 Å². The molecular weight excluding hydrogens is 320 g/mol. The van der Waals surface area contributed by atoms with Gasteiger partial charge in [-0.1, -0.05) is 6.07 Å². The van der Waals surface area contributed by atoms with Gasteiger partial charge in [0.1, 0.15) is 17.1 Å². The molecule has 126 valence electrons. The summed E-state index contributed by atoms with van der Waals surface area (Å²) >= 11 is 0. The summed E-state index contributed by atoms with van der Waals surface area (Å²) in [6.45, 7) is 0.866. The number of ether oxygens (including phenoxy) is 2. The second kappa shape index (κ2) is 6.19. The van der Waals surface area contributed by atoms with Gasteiger partial charge in [-0.25, -0.2) is 9.18 Å². The summed E-state index contributed by atoms with van der Waals surface area (Å²) in [6.07, 6.45) is -6.57. The number of rotatable bonds is 2. The van der Waals surface area contributed by atoms with Crippen LogP contribution in [0.3, 0.4) is 0 Å². The fourth-order valence-electron chi connectivity index (χ4n) is 2.37. The summed E-state index contributed by atoms with van der Waals surface area (Å²) in [5, 5.41) is 9.85. The molecule has 1 N–H and O–H groups in total. The van der Waals surface area contributed by atoms with E-state index in [2.05, 4.69) is 4.74 Å². The van der Waals surface area contributed by atoms with Gasteiger partial charge < -0.3 is 14.6 Å². The number of hydrogen-bond donors (Lipinski definition) is 1. The summed E-state index contributed by atoms with van der Waals surface area (Å²) < 4.78 is 63.2. The first-order valence-corrected chi connectivity index (χ1v) is 6.64. The van der Waals surface area contributed by atoms with Crippen LogP contribution in [0.5, 0.6) is 0 Å². The van der Waals surface area contributed by atoms with E-state index in [0.717, 1.165) is 19.2 Å². The Morgan fingerprint density at radius 3 is 2.57 bits per heavy atom. The third-order valence-electron chi connectivity index (χ3n) is 3.59. The number of carbonyl (C=O) groups excluding carboxylic acids is 1. The quantitative estimate of drug-likeness (QED) is 0.663. The lowest BCUT2D eigenvalue weighted by molar-refractivity contribution is -0.141. The first-order valence-electron chi connectivity index (χ1n) is 6.64. The molecule has 0 fully saturated rings. The van der Waals surface area contributed by atoms with Crippen LogP contribution in [0.2, 0.25) is 0 Å². The van der Waals surface area contributed by atoms with E-state index >= 15 is 0 Å².